The number of aliphatic carboxylic acids is 1. The van der Waals surface area contributed by atoms with Gasteiger partial charge in [-0.3, -0.25) is 34.6 Å². The van der Waals surface area contributed by atoms with Crippen LogP contribution in [0.15, 0.2) is 66.3 Å². The molecule has 30 nitrogen and oxygen atoms in total. The first kappa shape index (κ1) is 98.5. The van der Waals surface area contributed by atoms with Crippen LogP contribution in [0.1, 0.15) is 291 Å². The lowest BCUT2D eigenvalue weighted by Crippen LogP contribution is -2.45. The van der Waals surface area contributed by atoms with Gasteiger partial charge < -0.3 is 49.9 Å². The average molecular weight is 1790 g/mol. The van der Waals surface area contributed by atoms with Gasteiger partial charge in [0.1, 0.15) is 18.3 Å². The van der Waals surface area contributed by atoms with E-state index in [9.17, 15) is 37.2 Å². The topological polar surface area (TPSA) is 386 Å². The van der Waals surface area contributed by atoms with E-state index >= 15 is 0 Å². The molecule has 1 aromatic carbocycles. The normalized spacial score (nSPS) is 25.1. The molecule has 17 rings (SSSR count). The Morgan fingerprint density at radius 2 is 0.780 bits per heavy atom. The van der Waals surface area contributed by atoms with Crippen LogP contribution in [0.3, 0.4) is 0 Å². The Morgan fingerprint density at radius 1 is 0.433 bits per heavy atom. The number of anilines is 2. The van der Waals surface area contributed by atoms with Crippen LogP contribution in [0, 0.1) is 74.9 Å². The predicted molar refractivity (Wildman–Crippen MR) is 487 cm³/mol. The molecule has 0 atom stereocenters. The number of fused-ring (bicyclic) bond motifs is 2. The molecule has 0 bridgehead atoms. The van der Waals surface area contributed by atoms with Crippen LogP contribution in [0.2, 0.25) is 0 Å². The number of piperidine rings is 5. The number of hydrogen-bond acceptors (Lipinski definition) is 27. The number of carboxylic acid groups (broad SMARTS) is 1. The first-order valence-corrected chi connectivity index (χ1v) is 50.1. The van der Waals surface area contributed by atoms with Gasteiger partial charge in [-0.25, -0.2) is 52.3 Å². The zero-order valence-corrected chi connectivity index (χ0v) is 78.0. The van der Waals surface area contributed by atoms with Crippen LogP contribution in [0.5, 0.6) is 0 Å². The molecule has 5 saturated heterocycles. The van der Waals surface area contributed by atoms with E-state index in [-0.39, 0.29) is 75.7 Å². The third kappa shape index (κ3) is 26.5. The molecule has 0 amide bonds. The number of esters is 5. The number of aryl methyl sites for hydroxylation is 1. The van der Waals surface area contributed by atoms with Crippen molar-refractivity contribution < 1.29 is 70.9 Å². The average Bonchev–Trinajstić information content (AvgIpc) is 1.62. The third-order valence-corrected chi connectivity index (χ3v) is 33.3. The summed E-state index contributed by atoms with van der Waals surface area (Å²) in [6.45, 7) is 23.6. The number of nitrogens with two attached hydrogens (primary N) is 2. The molecule has 5 aliphatic heterocycles. The summed E-state index contributed by atoms with van der Waals surface area (Å²) < 4.78 is 53.3. The highest BCUT2D eigenvalue weighted by Crippen LogP contribution is 2.53. The molecule has 0 unspecified atom stereocenters. The van der Waals surface area contributed by atoms with Crippen molar-refractivity contribution in [3.05, 3.63) is 67.0 Å². The van der Waals surface area contributed by atoms with Gasteiger partial charge in [0.25, 0.3) is 10.0 Å². The lowest BCUT2D eigenvalue weighted by atomic mass is 9.63. The van der Waals surface area contributed by atoms with E-state index in [0.717, 1.165) is 242 Å². The summed E-state index contributed by atoms with van der Waals surface area (Å²) in [6.07, 6.45) is 50.4. The molecule has 31 heteroatoms. The minimum Gasteiger partial charge on any atom is -0.481 e. The van der Waals surface area contributed by atoms with Gasteiger partial charge >= 0.3 is 35.8 Å². The number of aromatic amines is 1. The Hall–Kier alpha value is -7.49. The fraction of sp³-hybridized carbons (Fsp3) is 0.750. The SMILES string of the molecule is CCOC(=O)C1CCC2(CC1)CCN(N)CC2.CCOC(=O)C1CCC2(CC1)CCN(Nc1ncnc3c1ccn3S(=O)(=O)c1ccc(C)cc1)CC2.CCOC(=O)C1CCC2(CC1)CCN(ON)CC2.CCOC(=O)C1CCC2(CCCCC2)CC1.CCOC(=O)C1CCC2(CCNCC2)CC1.O=C(O)C1CCC2(CC1)CCN(Nc1ncnc3[nH]ccc13)CC2. The number of rotatable bonds is 18. The van der Waals surface area contributed by atoms with Crippen molar-refractivity contribution in [1.29, 1.82) is 0 Å². The van der Waals surface area contributed by atoms with Crippen molar-refractivity contribution in [2.45, 2.75) is 297 Å². The largest absolute Gasteiger partial charge is 0.481 e. The third-order valence-electron chi connectivity index (χ3n) is 31.7. The van der Waals surface area contributed by atoms with Crippen molar-refractivity contribution >= 4 is 79.5 Å². The Kier molecular flexibility index (Phi) is 36.1. The molecule has 706 valence electrons. The van der Waals surface area contributed by atoms with E-state index in [0.29, 0.717) is 77.0 Å². The molecule has 12 fully saturated rings. The highest BCUT2D eigenvalue weighted by Gasteiger charge is 2.46. The second-order valence-electron chi connectivity index (χ2n) is 39.2. The molecule has 127 heavy (non-hydrogen) atoms. The first-order chi connectivity index (χ1) is 61.3. The second kappa shape index (κ2) is 46.5. The van der Waals surface area contributed by atoms with Crippen molar-refractivity contribution in [3.63, 3.8) is 0 Å². The number of hydroxylamine groups is 2. The molecule has 7 saturated carbocycles. The maximum atomic E-state index is 13.2. The molecule has 5 aromatic rings. The predicted octanol–water partition coefficient (Wildman–Crippen LogP) is 15.9. The number of nitrogens with one attached hydrogen (secondary N) is 4. The van der Waals surface area contributed by atoms with Gasteiger partial charge in [-0.05, 0) is 343 Å². The van der Waals surface area contributed by atoms with Gasteiger partial charge in [0.15, 0.2) is 17.3 Å². The summed E-state index contributed by atoms with van der Waals surface area (Å²) >= 11 is 0. The van der Waals surface area contributed by atoms with E-state index in [1.807, 2.05) is 63.9 Å². The zero-order chi connectivity index (χ0) is 90.1. The van der Waals surface area contributed by atoms with Gasteiger partial charge in [-0.2, -0.15) is 11.0 Å². The van der Waals surface area contributed by atoms with E-state index in [1.165, 1.54) is 113 Å². The number of hydrazine groups is 3. The van der Waals surface area contributed by atoms with Crippen molar-refractivity contribution in [1.82, 2.24) is 54.3 Å². The lowest BCUT2D eigenvalue weighted by molar-refractivity contribution is -0.190. The van der Waals surface area contributed by atoms with Gasteiger partial charge in [0, 0.05) is 64.8 Å². The van der Waals surface area contributed by atoms with E-state index in [1.54, 1.807) is 36.7 Å². The molecule has 4 aromatic heterocycles. The van der Waals surface area contributed by atoms with Crippen LogP contribution < -0.4 is 27.9 Å². The lowest BCUT2D eigenvalue weighted by Gasteiger charge is -2.45. The van der Waals surface area contributed by atoms with Crippen molar-refractivity contribution in [3.8, 4) is 0 Å². The Labute approximate surface area is 753 Å². The second-order valence-corrected chi connectivity index (χ2v) is 41.0. The Balaban J connectivity index is 0.000000143. The molecular weight excluding hydrogens is 1640 g/mol. The highest BCUT2D eigenvalue weighted by molar-refractivity contribution is 7.90. The number of ether oxygens (including phenoxy) is 5. The van der Waals surface area contributed by atoms with Gasteiger partial charge in [-0.15, -0.1) is 0 Å². The van der Waals surface area contributed by atoms with Crippen LogP contribution in [0.4, 0.5) is 11.6 Å². The van der Waals surface area contributed by atoms with Crippen LogP contribution in [0.25, 0.3) is 22.1 Å². The molecule has 0 radical (unpaired) electrons. The number of carbonyl (C=O) groups is 6. The number of aromatic nitrogens is 6. The standard InChI is InChI=1S/C26H33N5O4S.C17H23N5O2.C14H24O2.C13H24N2O3.C13H24N2O2.C13H23NO2/c1-3-35-25(32)20-8-11-26(12-9-20)13-16-30(17-14-26)29-23-22-10-15-31(24(22)28-18-27-23)36(33,34)21-6-4-19(2)5-7-21;23-16(24)12-1-4-17(5-2-12)6-9-22(10-7-17)21-15-13-3-8-18-14(13)19-11-20-15;1-2-16-13(15)12-6-10-14(11-7-12)8-4-3-5-9-14;1-2-17-12(16)11-3-5-13(6-4-11)7-9-15(18-14)10-8-13;1-2-17-12(16)11-3-5-13(6-4-11)7-9-15(14)10-8-13;1-2-16-12(15)11-3-5-13(6-4-11)7-9-14-10-8-13/h4-7,10,15,18,20H,3,8-9,11-14,16-17H2,1-2H3,(H,27,28,29);3,8,11-12H,1-2,4-7,9-10H2,(H,23,24)(H2,18,19,20,21);12H,2-11H2,1H3;11H,2-10,14H2,1H3;11H,2-10,14H2,1H3;11,14H,2-10H2,1H3. The molecule has 9 heterocycles. The van der Waals surface area contributed by atoms with Gasteiger partial charge in [0.05, 0.1) is 84.2 Å². The fourth-order valence-electron chi connectivity index (χ4n) is 22.9. The minimum atomic E-state index is -3.77. The highest BCUT2D eigenvalue weighted by atomic mass is 32.2. The molecule has 7 aliphatic carbocycles. The molecule has 9 N–H and O–H groups in total. The van der Waals surface area contributed by atoms with E-state index < -0.39 is 16.0 Å². The Bertz CT molecular complexity index is 4310. The number of carbonyl (C=O) groups excluding carboxylic acids is 5. The van der Waals surface area contributed by atoms with Crippen LogP contribution in [-0.2, 0) is 67.4 Å². The van der Waals surface area contributed by atoms with Gasteiger partial charge in [0.2, 0.25) is 0 Å². The fourth-order valence-corrected chi connectivity index (χ4v) is 24.2. The summed E-state index contributed by atoms with van der Waals surface area (Å²) in [5.41, 5.74) is 11.7. The van der Waals surface area contributed by atoms with Crippen molar-refractivity contribution in [2.24, 2.45) is 79.7 Å². The number of H-pyrrole nitrogens is 1. The van der Waals surface area contributed by atoms with E-state index in [2.05, 4.69) is 51.1 Å². The summed E-state index contributed by atoms with van der Waals surface area (Å²) in [4.78, 5) is 95.2. The number of nitrogens with zero attached hydrogens (tertiary/aromatic N) is 9. The number of carboxylic acids is 1. The summed E-state index contributed by atoms with van der Waals surface area (Å²) in [6, 6.07) is 10.5. The molecule has 12 aliphatic rings. The summed E-state index contributed by atoms with van der Waals surface area (Å²) in [5.74, 6) is 12.4. The maximum absolute atomic E-state index is 13.2. The summed E-state index contributed by atoms with van der Waals surface area (Å²) in [5, 5.41) is 22.4. The number of hydrogen-bond donors (Lipinski definition) is 7. The Morgan fingerprint density at radius 3 is 1.16 bits per heavy atom. The van der Waals surface area contributed by atoms with Gasteiger partial charge in [-0.1, -0.05) is 37.0 Å². The molecule has 6 spiro atoms. The quantitative estimate of drug-likeness (QED) is 0.0185. The number of benzene rings is 1. The zero-order valence-electron chi connectivity index (χ0n) is 77.2. The monoisotopic (exact) mass is 1790 g/mol. The minimum absolute atomic E-state index is 0.00456. The molecular formula is C96H151N15O15S. The summed E-state index contributed by atoms with van der Waals surface area (Å²) in [7, 11) is -3.77. The smallest absolute Gasteiger partial charge is 0.308 e. The van der Waals surface area contributed by atoms with Crippen molar-refractivity contribution in [2.75, 3.05) is 109 Å². The van der Waals surface area contributed by atoms with Crippen LogP contribution in [-0.4, -0.2) is 197 Å². The maximum Gasteiger partial charge on any atom is 0.308 e. The van der Waals surface area contributed by atoms with Crippen LogP contribution >= 0.6 is 0 Å². The van der Waals surface area contributed by atoms with E-state index in [4.69, 9.17) is 45.5 Å². The first-order valence-electron chi connectivity index (χ1n) is 48.7.